The summed E-state index contributed by atoms with van der Waals surface area (Å²) >= 11 is 0. The highest BCUT2D eigenvalue weighted by atomic mass is 19.1. The van der Waals surface area contributed by atoms with E-state index in [0.29, 0.717) is 30.0 Å². The molecule has 0 fully saturated rings. The number of rotatable bonds is 6. The maximum absolute atomic E-state index is 13.6. The van der Waals surface area contributed by atoms with Gasteiger partial charge in [0.2, 0.25) is 0 Å². The third kappa shape index (κ3) is 5.44. The molecular weight excluding hydrogens is 479 g/mol. The minimum Gasteiger partial charge on any atom is -0.481 e. The Morgan fingerprint density at radius 1 is 0.947 bits per heavy atom. The predicted molar refractivity (Wildman–Crippen MR) is 146 cm³/mol. The van der Waals surface area contributed by atoms with Crippen LogP contribution in [0.4, 0.5) is 10.1 Å². The highest BCUT2D eigenvalue weighted by Gasteiger charge is 2.33. The van der Waals surface area contributed by atoms with Crippen molar-refractivity contribution < 1.29 is 18.7 Å². The van der Waals surface area contributed by atoms with Crippen LogP contribution in [0.15, 0.2) is 97.1 Å². The van der Waals surface area contributed by atoms with Crippen LogP contribution in [-0.4, -0.2) is 29.4 Å². The highest BCUT2D eigenvalue weighted by Crippen LogP contribution is 2.38. The molecule has 5 rings (SSSR count). The Morgan fingerprint density at radius 2 is 1.74 bits per heavy atom. The molecule has 0 aliphatic carbocycles. The van der Waals surface area contributed by atoms with Crippen molar-refractivity contribution >= 4 is 17.5 Å². The smallest absolute Gasteiger partial charge is 0.265 e. The lowest BCUT2D eigenvalue weighted by Gasteiger charge is -2.38. The van der Waals surface area contributed by atoms with Gasteiger partial charge in [0.15, 0.2) is 6.10 Å². The van der Waals surface area contributed by atoms with E-state index in [9.17, 15) is 14.0 Å². The largest absolute Gasteiger partial charge is 0.481 e. The molecular formula is C32H29FN2O3. The number of hydrogen-bond donors (Lipinski definition) is 1. The van der Waals surface area contributed by atoms with Crippen LogP contribution in [0, 0.1) is 12.7 Å². The third-order valence-electron chi connectivity index (χ3n) is 6.76. The van der Waals surface area contributed by atoms with Gasteiger partial charge in [0, 0.05) is 17.8 Å². The molecule has 5 nitrogen and oxygen atoms in total. The Balaban J connectivity index is 1.45. The molecule has 4 aromatic rings. The van der Waals surface area contributed by atoms with Crippen molar-refractivity contribution in [2.75, 3.05) is 11.9 Å². The van der Waals surface area contributed by atoms with Crippen LogP contribution in [0.25, 0.3) is 0 Å². The Labute approximate surface area is 221 Å². The van der Waals surface area contributed by atoms with E-state index in [-0.39, 0.29) is 17.9 Å². The van der Waals surface area contributed by atoms with Crippen LogP contribution in [0.2, 0.25) is 0 Å². The van der Waals surface area contributed by atoms with Crippen LogP contribution in [0.3, 0.4) is 0 Å². The molecule has 192 valence electrons. The standard InChI is InChI=1S/C32H29FN2O3/c1-21-8-6-11-25(18-21)30-29-20-28(38-22(2)31(36)34-27-13-7-12-26(33)19-27)15-14-23(29)16-17-35(30)32(37)24-9-4-3-5-10-24/h3-15,18-20,22,30H,16-17H2,1-2H3,(H,34,36)/t22-,30-/m0/s1. The molecule has 1 aliphatic heterocycles. The number of carbonyl (C=O) groups is 2. The average molecular weight is 509 g/mol. The van der Waals surface area contributed by atoms with E-state index in [2.05, 4.69) is 11.4 Å². The second-order valence-corrected chi connectivity index (χ2v) is 9.55. The molecule has 6 heteroatoms. The Hall–Kier alpha value is -4.45. The van der Waals surface area contributed by atoms with Gasteiger partial charge in [0.05, 0.1) is 6.04 Å². The number of nitrogens with zero attached hydrogens (tertiary/aromatic N) is 1. The maximum atomic E-state index is 13.6. The van der Waals surface area contributed by atoms with Gasteiger partial charge in [-0.15, -0.1) is 0 Å². The topological polar surface area (TPSA) is 58.6 Å². The summed E-state index contributed by atoms with van der Waals surface area (Å²) in [6, 6.07) is 28.7. The van der Waals surface area contributed by atoms with E-state index in [0.717, 1.165) is 22.3 Å². The molecule has 4 aromatic carbocycles. The van der Waals surface area contributed by atoms with Crippen LogP contribution in [0.5, 0.6) is 5.75 Å². The van der Waals surface area contributed by atoms with E-state index in [1.165, 1.54) is 18.2 Å². The molecule has 0 spiro atoms. The zero-order valence-electron chi connectivity index (χ0n) is 21.4. The van der Waals surface area contributed by atoms with Gasteiger partial charge < -0.3 is 15.0 Å². The molecule has 0 bridgehead atoms. The van der Waals surface area contributed by atoms with E-state index >= 15 is 0 Å². The number of halogens is 1. The first-order valence-corrected chi connectivity index (χ1v) is 12.7. The fraction of sp³-hybridized carbons (Fsp3) is 0.188. The number of benzene rings is 4. The van der Waals surface area contributed by atoms with Crippen LogP contribution in [0.1, 0.15) is 45.6 Å². The van der Waals surface area contributed by atoms with E-state index < -0.39 is 11.9 Å². The van der Waals surface area contributed by atoms with Crippen molar-refractivity contribution in [2.45, 2.75) is 32.4 Å². The molecule has 0 radical (unpaired) electrons. The lowest BCUT2D eigenvalue weighted by molar-refractivity contribution is -0.122. The molecule has 0 aromatic heterocycles. The zero-order chi connectivity index (χ0) is 26.6. The SMILES string of the molecule is Cc1cccc([C@H]2c3cc(O[C@@H](C)C(=O)Nc4cccc(F)c4)ccc3CCN2C(=O)c2ccccc2)c1. The lowest BCUT2D eigenvalue weighted by atomic mass is 9.87. The summed E-state index contributed by atoms with van der Waals surface area (Å²) in [6.45, 7) is 4.28. The molecule has 38 heavy (non-hydrogen) atoms. The summed E-state index contributed by atoms with van der Waals surface area (Å²) in [5.74, 6) is -0.318. The fourth-order valence-electron chi connectivity index (χ4n) is 4.90. The van der Waals surface area contributed by atoms with E-state index in [4.69, 9.17) is 4.74 Å². The van der Waals surface area contributed by atoms with Gasteiger partial charge in [0.1, 0.15) is 11.6 Å². The van der Waals surface area contributed by atoms with Crippen LogP contribution in [-0.2, 0) is 11.2 Å². The molecule has 0 unspecified atom stereocenters. The summed E-state index contributed by atoms with van der Waals surface area (Å²) in [5.41, 5.74) is 5.24. The van der Waals surface area contributed by atoms with Gasteiger partial charge in [-0.05, 0) is 79.4 Å². The summed E-state index contributed by atoms with van der Waals surface area (Å²) in [4.78, 5) is 28.3. The number of ether oxygens (including phenoxy) is 1. The summed E-state index contributed by atoms with van der Waals surface area (Å²) in [7, 11) is 0. The Morgan fingerprint density at radius 3 is 2.50 bits per heavy atom. The number of anilines is 1. The Bertz CT molecular complexity index is 1470. The normalized spacial score (nSPS) is 15.3. The molecule has 0 saturated carbocycles. The number of fused-ring (bicyclic) bond motifs is 1. The number of amides is 2. The fourth-order valence-corrected chi connectivity index (χ4v) is 4.90. The molecule has 0 saturated heterocycles. The van der Waals surface area contributed by atoms with E-state index in [1.54, 1.807) is 13.0 Å². The second kappa shape index (κ2) is 10.9. The van der Waals surface area contributed by atoms with E-state index in [1.807, 2.05) is 78.6 Å². The number of carbonyl (C=O) groups excluding carboxylic acids is 2. The molecule has 1 aliphatic rings. The van der Waals surface area contributed by atoms with Crippen LogP contribution < -0.4 is 10.1 Å². The van der Waals surface area contributed by atoms with Gasteiger partial charge >= 0.3 is 0 Å². The molecule has 2 amide bonds. The maximum Gasteiger partial charge on any atom is 0.265 e. The molecule has 1 N–H and O–H groups in total. The lowest BCUT2D eigenvalue weighted by Crippen LogP contribution is -2.40. The van der Waals surface area contributed by atoms with Gasteiger partial charge in [-0.25, -0.2) is 4.39 Å². The van der Waals surface area contributed by atoms with Gasteiger partial charge in [-0.2, -0.15) is 0 Å². The third-order valence-corrected chi connectivity index (χ3v) is 6.76. The number of aryl methyl sites for hydroxylation is 1. The summed E-state index contributed by atoms with van der Waals surface area (Å²) in [5, 5.41) is 2.69. The summed E-state index contributed by atoms with van der Waals surface area (Å²) in [6.07, 6.45) is -0.106. The monoisotopic (exact) mass is 508 g/mol. The average Bonchev–Trinajstić information content (AvgIpc) is 2.92. The van der Waals surface area contributed by atoms with Crippen molar-refractivity contribution in [3.63, 3.8) is 0 Å². The minimum absolute atomic E-state index is 0.0306. The first-order chi connectivity index (χ1) is 18.4. The molecule has 1 heterocycles. The van der Waals surface area contributed by atoms with Gasteiger partial charge in [-0.3, -0.25) is 9.59 Å². The minimum atomic E-state index is -0.820. The first kappa shape index (κ1) is 25.2. The van der Waals surface area contributed by atoms with Crippen LogP contribution >= 0.6 is 0 Å². The molecule has 2 atom stereocenters. The highest BCUT2D eigenvalue weighted by molar-refractivity contribution is 5.95. The van der Waals surface area contributed by atoms with Crippen molar-refractivity contribution in [3.8, 4) is 5.75 Å². The zero-order valence-corrected chi connectivity index (χ0v) is 21.4. The van der Waals surface area contributed by atoms with Crippen molar-refractivity contribution in [1.29, 1.82) is 0 Å². The summed E-state index contributed by atoms with van der Waals surface area (Å²) < 4.78 is 19.5. The first-order valence-electron chi connectivity index (χ1n) is 12.7. The predicted octanol–water partition coefficient (Wildman–Crippen LogP) is 6.33. The Kier molecular flexibility index (Phi) is 7.22. The van der Waals surface area contributed by atoms with Gasteiger partial charge in [0.25, 0.3) is 11.8 Å². The van der Waals surface area contributed by atoms with Crippen molar-refractivity contribution in [3.05, 3.63) is 131 Å². The van der Waals surface area contributed by atoms with Crippen molar-refractivity contribution in [2.24, 2.45) is 0 Å². The second-order valence-electron chi connectivity index (χ2n) is 9.55. The van der Waals surface area contributed by atoms with Crippen molar-refractivity contribution in [1.82, 2.24) is 4.90 Å². The van der Waals surface area contributed by atoms with Gasteiger partial charge in [-0.1, -0.05) is 60.2 Å². The number of nitrogens with one attached hydrogen (secondary N) is 1. The number of hydrogen-bond acceptors (Lipinski definition) is 3. The quantitative estimate of drug-likeness (QED) is 0.331.